The van der Waals surface area contributed by atoms with Crippen molar-refractivity contribution in [1.82, 2.24) is 9.97 Å². The first-order valence-electron chi connectivity index (χ1n) is 12.3. The Kier molecular flexibility index (Phi) is 10.1. The van der Waals surface area contributed by atoms with Crippen LogP contribution in [0.15, 0.2) is 53.2 Å². The van der Waals surface area contributed by atoms with Crippen molar-refractivity contribution in [2.45, 2.75) is 78.1 Å². The molecule has 0 aliphatic rings. The van der Waals surface area contributed by atoms with Crippen molar-refractivity contribution in [2.75, 3.05) is 6.61 Å². The van der Waals surface area contributed by atoms with Gasteiger partial charge < -0.3 is 9.15 Å². The van der Waals surface area contributed by atoms with Crippen molar-refractivity contribution < 1.29 is 13.9 Å². The van der Waals surface area contributed by atoms with Gasteiger partial charge in [-0.3, -0.25) is 4.98 Å². The van der Waals surface area contributed by atoms with Crippen molar-refractivity contribution in [3.05, 3.63) is 60.0 Å². The van der Waals surface area contributed by atoms with E-state index in [0.29, 0.717) is 29.4 Å². The Morgan fingerprint density at radius 1 is 0.909 bits per heavy atom. The summed E-state index contributed by atoms with van der Waals surface area (Å²) in [4.78, 5) is 21.5. The van der Waals surface area contributed by atoms with Crippen LogP contribution in [0.25, 0.3) is 22.8 Å². The van der Waals surface area contributed by atoms with Crippen LogP contribution in [-0.2, 0) is 4.74 Å². The number of ether oxygens (including phenoxy) is 1. The van der Waals surface area contributed by atoms with Gasteiger partial charge in [0.25, 0.3) is 0 Å². The number of benzene rings is 1. The van der Waals surface area contributed by atoms with E-state index in [4.69, 9.17) is 9.15 Å². The highest BCUT2D eigenvalue weighted by Crippen LogP contribution is 2.31. The summed E-state index contributed by atoms with van der Waals surface area (Å²) in [5.74, 6) is 0.741. The van der Waals surface area contributed by atoms with E-state index in [1.54, 1.807) is 18.5 Å². The van der Waals surface area contributed by atoms with Crippen molar-refractivity contribution in [1.29, 1.82) is 0 Å². The molecular weight excluding hydrogens is 412 g/mol. The molecule has 5 heteroatoms. The molecule has 0 atom stereocenters. The zero-order valence-corrected chi connectivity index (χ0v) is 20.0. The number of pyridine rings is 1. The summed E-state index contributed by atoms with van der Waals surface area (Å²) in [5, 5.41) is 0. The maximum Gasteiger partial charge on any atom is 0.338 e. The number of rotatable bonds is 14. The van der Waals surface area contributed by atoms with Crippen molar-refractivity contribution in [2.24, 2.45) is 0 Å². The highest BCUT2D eigenvalue weighted by Gasteiger charge is 2.20. The van der Waals surface area contributed by atoms with Crippen LogP contribution in [0.5, 0.6) is 0 Å². The maximum absolute atomic E-state index is 12.8. The summed E-state index contributed by atoms with van der Waals surface area (Å²) in [5.41, 5.74) is 2.73. The van der Waals surface area contributed by atoms with Crippen LogP contribution >= 0.6 is 0 Å². The van der Waals surface area contributed by atoms with E-state index in [2.05, 4.69) is 16.9 Å². The van der Waals surface area contributed by atoms with Crippen LogP contribution in [-0.4, -0.2) is 22.5 Å². The monoisotopic (exact) mass is 448 g/mol. The number of oxazole rings is 1. The minimum Gasteiger partial charge on any atom is -0.462 e. The molecule has 0 N–H and O–H groups in total. The van der Waals surface area contributed by atoms with Crippen LogP contribution in [0.2, 0.25) is 0 Å². The number of esters is 1. The molecule has 0 unspecified atom stereocenters. The molecule has 176 valence electrons. The van der Waals surface area contributed by atoms with Gasteiger partial charge in [-0.05, 0) is 37.6 Å². The molecule has 0 radical (unpaired) electrons. The Morgan fingerprint density at radius 2 is 1.61 bits per heavy atom. The second-order valence-electron chi connectivity index (χ2n) is 8.54. The molecule has 0 saturated carbocycles. The average molecular weight is 449 g/mol. The van der Waals surface area contributed by atoms with Crippen molar-refractivity contribution in [3.63, 3.8) is 0 Å². The van der Waals surface area contributed by atoms with Gasteiger partial charge in [0.05, 0.1) is 23.4 Å². The SMILES string of the molecule is CCCCCCCCCCCCOC(=O)c1ccccc1-c1nc(C)c(-c2cccnc2)o1. The first kappa shape index (κ1) is 24.7. The van der Waals surface area contributed by atoms with Crippen LogP contribution < -0.4 is 0 Å². The van der Waals surface area contributed by atoms with Gasteiger partial charge in [-0.2, -0.15) is 0 Å². The topological polar surface area (TPSA) is 65.2 Å². The molecule has 0 saturated heterocycles. The largest absolute Gasteiger partial charge is 0.462 e. The lowest BCUT2D eigenvalue weighted by molar-refractivity contribution is 0.0498. The molecule has 5 nitrogen and oxygen atoms in total. The van der Waals surface area contributed by atoms with E-state index in [1.807, 2.05) is 37.3 Å². The normalized spacial score (nSPS) is 11.0. The summed E-state index contributed by atoms with van der Waals surface area (Å²) in [7, 11) is 0. The molecule has 0 fully saturated rings. The first-order chi connectivity index (χ1) is 16.2. The number of unbranched alkanes of at least 4 members (excludes halogenated alkanes) is 9. The Balaban J connectivity index is 1.48. The van der Waals surface area contributed by atoms with Gasteiger partial charge in [-0.1, -0.05) is 76.8 Å². The molecule has 2 heterocycles. The Morgan fingerprint density at radius 3 is 2.30 bits per heavy atom. The summed E-state index contributed by atoms with van der Waals surface area (Å²) in [6, 6.07) is 11.1. The maximum atomic E-state index is 12.8. The van der Waals surface area contributed by atoms with Crippen molar-refractivity contribution in [3.8, 4) is 22.8 Å². The number of hydrogen-bond acceptors (Lipinski definition) is 5. The van der Waals surface area contributed by atoms with Gasteiger partial charge >= 0.3 is 5.97 Å². The number of aromatic nitrogens is 2. The minimum atomic E-state index is -0.333. The van der Waals surface area contributed by atoms with Gasteiger partial charge in [-0.15, -0.1) is 0 Å². The van der Waals surface area contributed by atoms with Crippen LogP contribution in [0.3, 0.4) is 0 Å². The predicted octanol–water partition coefficient (Wildman–Crippen LogP) is 7.79. The fraction of sp³-hybridized carbons (Fsp3) is 0.464. The number of nitrogens with zero attached hydrogens (tertiary/aromatic N) is 2. The molecule has 33 heavy (non-hydrogen) atoms. The predicted molar refractivity (Wildman–Crippen MR) is 132 cm³/mol. The van der Waals surface area contributed by atoms with E-state index in [9.17, 15) is 4.79 Å². The van der Waals surface area contributed by atoms with Gasteiger partial charge in [0.15, 0.2) is 5.76 Å². The molecule has 3 aromatic rings. The molecule has 0 aliphatic heterocycles. The zero-order chi connectivity index (χ0) is 23.3. The molecule has 2 aromatic heterocycles. The highest BCUT2D eigenvalue weighted by molar-refractivity contribution is 5.96. The molecule has 0 amide bonds. The smallest absolute Gasteiger partial charge is 0.338 e. The lowest BCUT2D eigenvalue weighted by Gasteiger charge is -2.08. The third-order valence-electron chi connectivity index (χ3n) is 5.83. The van der Waals surface area contributed by atoms with Gasteiger partial charge in [0.1, 0.15) is 0 Å². The molecular formula is C28H36N2O3. The average Bonchev–Trinajstić information content (AvgIpc) is 3.24. The highest BCUT2D eigenvalue weighted by atomic mass is 16.5. The molecule has 3 rings (SSSR count). The van der Waals surface area contributed by atoms with Gasteiger partial charge in [0.2, 0.25) is 5.89 Å². The molecule has 0 spiro atoms. The standard InChI is InChI=1S/C28H36N2O3/c1-3-4-5-6-7-8-9-10-11-14-20-32-28(31)25-18-13-12-17-24(25)27-30-22(2)26(33-27)23-16-15-19-29-21-23/h12-13,15-19,21H,3-11,14,20H2,1-2H3. The van der Waals surface area contributed by atoms with E-state index in [-0.39, 0.29) is 5.97 Å². The fourth-order valence-electron chi connectivity index (χ4n) is 3.96. The third-order valence-corrected chi connectivity index (χ3v) is 5.83. The summed E-state index contributed by atoms with van der Waals surface area (Å²) < 4.78 is 11.6. The van der Waals surface area contributed by atoms with E-state index < -0.39 is 0 Å². The minimum absolute atomic E-state index is 0.333. The van der Waals surface area contributed by atoms with Gasteiger partial charge in [-0.25, -0.2) is 9.78 Å². The van der Waals surface area contributed by atoms with Gasteiger partial charge in [0, 0.05) is 18.0 Å². The number of carbonyl (C=O) groups excluding carboxylic acids is 1. The molecule has 1 aromatic carbocycles. The van der Waals surface area contributed by atoms with Crippen LogP contribution in [0.1, 0.15) is 87.2 Å². The Labute approximate surface area is 197 Å². The van der Waals surface area contributed by atoms with E-state index in [1.165, 1.54) is 51.4 Å². The summed E-state index contributed by atoms with van der Waals surface area (Å²) in [6.07, 6.45) is 16.0. The number of hydrogen-bond donors (Lipinski definition) is 0. The van der Waals surface area contributed by atoms with E-state index >= 15 is 0 Å². The summed E-state index contributed by atoms with van der Waals surface area (Å²) in [6.45, 7) is 4.58. The number of aryl methyl sites for hydroxylation is 1. The molecule has 0 aliphatic carbocycles. The van der Waals surface area contributed by atoms with Crippen molar-refractivity contribution >= 4 is 5.97 Å². The summed E-state index contributed by atoms with van der Waals surface area (Å²) >= 11 is 0. The van der Waals surface area contributed by atoms with Crippen LogP contribution in [0.4, 0.5) is 0 Å². The third kappa shape index (κ3) is 7.55. The Hall–Kier alpha value is -2.95. The quantitative estimate of drug-likeness (QED) is 0.186. The Bertz CT molecular complexity index is 982. The lowest BCUT2D eigenvalue weighted by atomic mass is 10.1. The van der Waals surface area contributed by atoms with E-state index in [0.717, 1.165) is 24.1 Å². The van der Waals surface area contributed by atoms with Crippen LogP contribution in [0, 0.1) is 6.92 Å². The second kappa shape index (κ2) is 13.6. The first-order valence-corrected chi connectivity index (χ1v) is 12.3. The number of carbonyl (C=O) groups is 1. The lowest BCUT2D eigenvalue weighted by Crippen LogP contribution is -2.08. The zero-order valence-electron chi connectivity index (χ0n) is 20.0. The molecule has 0 bridgehead atoms. The second-order valence-corrected chi connectivity index (χ2v) is 8.54. The fourth-order valence-corrected chi connectivity index (χ4v) is 3.96.